The van der Waals surface area contributed by atoms with Gasteiger partial charge in [-0.3, -0.25) is 4.98 Å². The molecule has 2 fully saturated rings. The highest BCUT2D eigenvalue weighted by molar-refractivity contribution is 6.33. The minimum Gasteiger partial charge on any atom is -0.367 e. The molecule has 0 bridgehead atoms. The topological polar surface area (TPSA) is 16.1 Å². The number of halogens is 2. The van der Waals surface area contributed by atoms with Crippen LogP contribution in [0.2, 0.25) is 5.02 Å². The minimum absolute atomic E-state index is 0.278. The zero-order valence-corrected chi connectivity index (χ0v) is 13.1. The summed E-state index contributed by atoms with van der Waals surface area (Å²) in [5.74, 6) is 0.127. The minimum atomic E-state index is -0.323. The number of anilines is 1. The number of nitrogens with zero attached hydrogens (tertiary/aromatic N) is 2. The Morgan fingerprint density at radius 1 is 1.18 bits per heavy atom. The summed E-state index contributed by atoms with van der Waals surface area (Å²) in [6, 6.07) is 10.6. The van der Waals surface area contributed by atoms with Gasteiger partial charge in [0.05, 0.1) is 16.9 Å². The number of hydrogen-bond acceptors (Lipinski definition) is 2. The summed E-state index contributed by atoms with van der Waals surface area (Å²) in [4.78, 5) is 5.95. The highest BCUT2D eigenvalue weighted by Crippen LogP contribution is 2.56. The summed E-state index contributed by atoms with van der Waals surface area (Å²) in [6.45, 7) is 1.71. The molecule has 1 aromatic heterocycles. The van der Waals surface area contributed by atoms with Crippen LogP contribution in [0, 0.1) is 11.2 Å². The molecule has 0 radical (unpaired) electrons. The van der Waals surface area contributed by atoms with Crippen LogP contribution in [0.25, 0.3) is 0 Å². The van der Waals surface area contributed by atoms with Crippen LogP contribution in [0.1, 0.15) is 30.7 Å². The van der Waals surface area contributed by atoms with E-state index in [1.807, 2.05) is 6.07 Å². The van der Waals surface area contributed by atoms with Crippen molar-refractivity contribution in [3.05, 3.63) is 59.1 Å². The van der Waals surface area contributed by atoms with Crippen molar-refractivity contribution in [3.63, 3.8) is 0 Å². The number of hydrogen-bond donors (Lipinski definition) is 0. The van der Waals surface area contributed by atoms with Crippen molar-refractivity contribution in [3.8, 4) is 0 Å². The predicted octanol–water partition coefficient (Wildman–Crippen LogP) is 4.65. The number of rotatable bonds is 2. The van der Waals surface area contributed by atoms with Crippen LogP contribution in [0.3, 0.4) is 0 Å². The zero-order chi connectivity index (χ0) is 15.2. The van der Waals surface area contributed by atoms with Crippen molar-refractivity contribution in [2.45, 2.75) is 25.2 Å². The Labute approximate surface area is 134 Å². The maximum absolute atomic E-state index is 14.2. The highest BCUT2D eigenvalue weighted by atomic mass is 35.5. The molecule has 2 nitrogen and oxygen atoms in total. The molecular weight excluding hydrogens is 299 g/mol. The average molecular weight is 317 g/mol. The third-order valence-electron chi connectivity index (χ3n) is 5.34. The van der Waals surface area contributed by atoms with Crippen molar-refractivity contribution in [1.29, 1.82) is 0 Å². The van der Waals surface area contributed by atoms with Gasteiger partial charge in [0.15, 0.2) is 5.82 Å². The Hall–Kier alpha value is -1.61. The Morgan fingerprint density at radius 2 is 1.95 bits per heavy atom. The van der Waals surface area contributed by atoms with Gasteiger partial charge in [-0.2, -0.15) is 0 Å². The molecule has 4 rings (SSSR count). The third-order valence-corrected chi connectivity index (χ3v) is 5.62. The van der Waals surface area contributed by atoms with E-state index in [-0.39, 0.29) is 11.2 Å². The van der Waals surface area contributed by atoms with E-state index in [4.69, 9.17) is 11.6 Å². The van der Waals surface area contributed by atoms with Gasteiger partial charge < -0.3 is 4.90 Å². The lowest BCUT2D eigenvalue weighted by Crippen LogP contribution is -2.36. The Morgan fingerprint density at radius 3 is 2.59 bits per heavy atom. The molecular formula is C18H18ClFN2. The standard InChI is InChI=1S/C18H18ClFN2/c19-15-9-21-10-16(20)17(15)22-11-14(13-5-2-1-3-6-13)18(12-22)7-4-8-18/h1-3,5-6,9-10,14H,4,7-8,11-12H2. The summed E-state index contributed by atoms with van der Waals surface area (Å²) in [7, 11) is 0. The van der Waals surface area contributed by atoms with Gasteiger partial charge in [-0.1, -0.05) is 48.4 Å². The molecule has 2 aromatic rings. The summed E-state index contributed by atoms with van der Waals surface area (Å²) in [6.07, 6.45) is 6.48. The quantitative estimate of drug-likeness (QED) is 0.802. The Bertz CT molecular complexity index is 664. The molecule has 1 aliphatic heterocycles. The van der Waals surface area contributed by atoms with E-state index in [1.165, 1.54) is 37.2 Å². The molecule has 0 amide bonds. The van der Waals surface area contributed by atoms with Gasteiger partial charge in [0.1, 0.15) is 0 Å². The fourth-order valence-corrected chi connectivity index (χ4v) is 4.39. The van der Waals surface area contributed by atoms with Crippen molar-refractivity contribution < 1.29 is 4.39 Å². The van der Waals surface area contributed by atoms with E-state index in [9.17, 15) is 4.39 Å². The maximum atomic E-state index is 14.2. The summed E-state index contributed by atoms with van der Waals surface area (Å²) >= 11 is 6.21. The number of benzene rings is 1. The second-order valence-electron chi connectivity index (χ2n) is 6.51. The molecule has 0 N–H and O–H groups in total. The second kappa shape index (κ2) is 5.24. The molecule has 2 heterocycles. The molecule has 2 aliphatic rings. The van der Waals surface area contributed by atoms with Crippen LogP contribution < -0.4 is 4.90 Å². The van der Waals surface area contributed by atoms with Crippen molar-refractivity contribution in [1.82, 2.24) is 4.98 Å². The number of aromatic nitrogens is 1. The summed E-state index contributed by atoms with van der Waals surface area (Å²) in [5.41, 5.74) is 2.15. The summed E-state index contributed by atoms with van der Waals surface area (Å²) < 4.78 is 14.2. The molecule has 22 heavy (non-hydrogen) atoms. The molecule has 1 unspecified atom stereocenters. The molecule has 1 saturated carbocycles. The fourth-order valence-electron chi connectivity index (χ4n) is 4.13. The lowest BCUT2D eigenvalue weighted by Gasteiger charge is -2.43. The lowest BCUT2D eigenvalue weighted by atomic mass is 9.61. The first-order chi connectivity index (χ1) is 10.7. The van der Waals surface area contributed by atoms with E-state index in [1.54, 1.807) is 0 Å². The normalized spacial score (nSPS) is 22.8. The van der Waals surface area contributed by atoms with Gasteiger partial charge in [0.2, 0.25) is 0 Å². The van der Waals surface area contributed by atoms with Crippen molar-refractivity contribution in [2.24, 2.45) is 5.41 Å². The first kappa shape index (κ1) is 14.0. The molecule has 1 atom stereocenters. The van der Waals surface area contributed by atoms with Gasteiger partial charge in [0.25, 0.3) is 0 Å². The van der Waals surface area contributed by atoms with Gasteiger partial charge in [-0.05, 0) is 23.8 Å². The SMILES string of the molecule is Fc1cncc(Cl)c1N1CC(c2ccccc2)C2(CCC2)C1. The van der Waals surface area contributed by atoms with E-state index in [0.717, 1.165) is 13.1 Å². The Kier molecular flexibility index (Phi) is 3.33. The monoisotopic (exact) mass is 316 g/mol. The second-order valence-corrected chi connectivity index (χ2v) is 6.92. The van der Waals surface area contributed by atoms with Crippen LogP contribution in [-0.2, 0) is 0 Å². The molecule has 1 saturated heterocycles. The predicted molar refractivity (Wildman–Crippen MR) is 86.9 cm³/mol. The fraction of sp³-hybridized carbons (Fsp3) is 0.389. The molecule has 1 aromatic carbocycles. The van der Waals surface area contributed by atoms with Crippen molar-refractivity contribution >= 4 is 17.3 Å². The first-order valence-corrected chi connectivity index (χ1v) is 8.16. The van der Waals surface area contributed by atoms with Crippen molar-refractivity contribution in [2.75, 3.05) is 18.0 Å². The van der Waals surface area contributed by atoms with Crippen LogP contribution in [0.5, 0.6) is 0 Å². The first-order valence-electron chi connectivity index (χ1n) is 7.78. The average Bonchev–Trinajstić information content (AvgIpc) is 2.89. The van der Waals surface area contributed by atoms with Crippen LogP contribution in [-0.4, -0.2) is 18.1 Å². The zero-order valence-electron chi connectivity index (χ0n) is 12.3. The van der Waals surface area contributed by atoms with Crippen LogP contribution in [0.4, 0.5) is 10.1 Å². The van der Waals surface area contributed by atoms with E-state index in [0.29, 0.717) is 16.6 Å². The van der Waals surface area contributed by atoms with Gasteiger partial charge in [0, 0.05) is 25.2 Å². The number of pyridine rings is 1. The van der Waals surface area contributed by atoms with E-state index >= 15 is 0 Å². The largest absolute Gasteiger partial charge is 0.367 e. The molecule has 1 spiro atoms. The van der Waals surface area contributed by atoms with E-state index < -0.39 is 0 Å². The van der Waals surface area contributed by atoms with Gasteiger partial charge in [-0.25, -0.2) is 4.39 Å². The highest BCUT2D eigenvalue weighted by Gasteiger charge is 2.51. The van der Waals surface area contributed by atoms with Crippen LogP contribution >= 0.6 is 11.6 Å². The lowest BCUT2D eigenvalue weighted by molar-refractivity contribution is 0.139. The Balaban J connectivity index is 1.71. The third kappa shape index (κ3) is 2.11. The summed E-state index contributed by atoms with van der Waals surface area (Å²) in [5, 5.41) is 0.406. The smallest absolute Gasteiger partial charge is 0.166 e. The molecule has 1 aliphatic carbocycles. The molecule has 4 heteroatoms. The van der Waals surface area contributed by atoms with Crippen LogP contribution in [0.15, 0.2) is 42.7 Å². The maximum Gasteiger partial charge on any atom is 0.166 e. The van der Waals surface area contributed by atoms with E-state index in [2.05, 4.69) is 34.1 Å². The van der Waals surface area contributed by atoms with Gasteiger partial charge in [-0.15, -0.1) is 0 Å². The van der Waals surface area contributed by atoms with Gasteiger partial charge >= 0.3 is 0 Å². The molecule has 114 valence electrons.